The average molecular weight is 684 g/mol. The fraction of sp³-hybridized carbons (Fsp3) is 0.524. The van der Waals surface area contributed by atoms with E-state index in [1.165, 1.54) is 50.8 Å². The molecule has 2 aromatic heterocycles. The number of imidazole rings is 1. The number of aryl methyl sites for hydroxylation is 1. The Labute approximate surface area is 300 Å². The van der Waals surface area contributed by atoms with Crippen molar-refractivity contribution in [3.63, 3.8) is 0 Å². The summed E-state index contributed by atoms with van der Waals surface area (Å²) < 4.78 is 2.25. The molecule has 4 aliphatic carbocycles. The van der Waals surface area contributed by atoms with Crippen LogP contribution in [0, 0.1) is 12.3 Å². The summed E-state index contributed by atoms with van der Waals surface area (Å²) in [7, 11) is 1.66. The van der Waals surface area contributed by atoms with Crippen LogP contribution in [0.15, 0.2) is 48.8 Å². The number of nitrogens with one attached hydrogen (secondary N) is 2. The van der Waals surface area contributed by atoms with Gasteiger partial charge in [0.05, 0.1) is 23.0 Å². The number of hydrogen-bond donors (Lipinski definition) is 2. The molecule has 1 saturated heterocycles. The van der Waals surface area contributed by atoms with Gasteiger partial charge >= 0.3 is 0 Å². The lowest BCUT2D eigenvalue weighted by molar-refractivity contribution is -0.125. The van der Waals surface area contributed by atoms with Crippen molar-refractivity contribution in [2.45, 2.75) is 114 Å². The van der Waals surface area contributed by atoms with E-state index in [4.69, 9.17) is 9.97 Å². The van der Waals surface area contributed by atoms with Crippen LogP contribution < -0.4 is 15.5 Å². The highest BCUT2D eigenvalue weighted by Gasteiger charge is 2.55. The van der Waals surface area contributed by atoms with E-state index in [1.54, 1.807) is 7.05 Å². The van der Waals surface area contributed by atoms with Crippen LogP contribution in [-0.2, 0) is 10.2 Å². The number of carbonyl (C=O) groups excluding carboxylic acids is 2. The molecule has 9 nitrogen and oxygen atoms in total. The van der Waals surface area contributed by atoms with Gasteiger partial charge in [-0.3, -0.25) is 14.5 Å². The van der Waals surface area contributed by atoms with Crippen molar-refractivity contribution < 1.29 is 9.59 Å². The van der Waals surface area contributed by atoms with E-state index in [9.17, 15) is 9.59 Å². The van der Waals surface area contributed by atoms with Gasteiger partial charge in [-0.25, -0.2) is 9.97 Å². The van der Waals surface area contributed by atoms with E-state index in [2.05, 4.69) is 49.3 Å². The number of pyridine rings is 1. The summed E-state index contributed by atoms with van der Waals surface area (Å²) in [5.41, 5.74) is 8.63. The van der Waals surface area contributed by atoms with E-state index < -0.39 is 0 Å². The summed E-state index contributed by atoms with van der Waals surface area (Å²) in [6, 6.07) is 16.0. The zero-order valence-corrected chi connectivity index (χ0v) is 30.0. The molecule has 2 amide bonds. The Morgan fingerprint density at radius 2 is 1.73 bits per heavy atom. The minimum absolute atomic E-state index is 0.112. The zero-order valence-electron chi connectivity index (χ0n) is 30.0. The maximum absolute atomic E-state index is 14.7. The van der Waals surface area contributed by atoms with E-state index in [1.807, 2.05) is 31.5 Å². The number of anilines is 3. The van der Waals surface area contributed by atoms with Gasteiger partial charge in [-0.15, -0.1) is 0 Å². The molecule has 4 aromatic rings. The summed E-state index contributed by atoms with van der Waals surface area (Å²) >= 11 is 0. The van der Waals surface area contributed by atoms with Gasteiger partial charge in [0.15, 0.2) is 5.82 Å². The fourth-order valence-corrected chi connectivity index (χ4v) is 10.1. The second kappa shape index (κ2) is 11.6. The van der Waals surface area contributed by atoms with Gasteiger partial charge in [0.25, 0.3) is 5.91 Å². The molecule has 0 atom stereocenters. The third-order valence-corrected chi connectivity index (χ3v) is 13.5. The first-order chi connectivity index (χ1) is 24.8. The number of nitrogens with zero attached hydrogens (tertiary/aromatic N) is 5. The summed E-state index contributed by atoms with van der Waals surface area (Å²) in [6.45, 7) is 4.43. The first-order valence-electron chi connectivity index (χ1n) is 19.5. The van der Waals surface area contributed by atoms with Crippen LogP contribution in [0.25, 0.3) is 22.3 Å². The van der Waals surface area contributed by atoms with E-state index in [0.29, 0.717) is 29.0 Å². The van der Waals surface area contributed by atoms with Crippen LogP contribution in [0.1, 0.15) is 111 Å². The number of benzene rings is 2. The summed E-state index contributed by atoms with van der Waals surface area (Å²) in [5.74, 6) is 0.961. The second-order valence-corrected chi connectivity index (χ2v) is 16.7. The Hall–Kier alpha value is -4.24. The van der Waals surface area contributed by atoms with Gasteiger partial charge in [0.2, 0.25) is 5.91 Å². The zero-order chi connectivity index (χ0) is 34.5. The highest BCUT2D eigenvalue weighted by atomic mass is 16.2. The predicted octanol–water partition coefficient (Wildman–Crippen LogP) is 7.80. The normalized spacial score (nSPS) is 24.9. The van der Waals surface area contributed by atoms with Crippen LogP contribution in [0.4, 0.5) is 17.2 Å². The maximum Gasteiger partial charge on any atom is 0.251 e. The molecule has 0 bridgehead atoms. The first kappa shape index (κ1) is 31.5. The minimum Gasteiger partial charge on any atom is -0.355 e. The number of hydrogen-bond acceptors (Lipinski definition) is 6. The van der Waals surface area contributed by atoms with Crippen LogP contribution in [0.2, 0.25) is 0 Å². The highest BCUT2D eigenvalue weighted by molar-refractivity contribution is 6.09. The second-order valence-electron chi connectivity index (χ2n) is 16.7. The molecular formula is C42H49N7O2. The summed E-state index contributed by atoms with van der Waals surface area (Å²) in [5, 5.41) is 6.35. The molecule has 10 rings (SSSR count). The van der Waals surface area contributed by atoms with Crippen molar-refractivity contribution in [2.24, 2.45) is 5.41 Å². The quantitative estimate of drug-likeness (QED) is 0.207. The lowest BCUT2D eigenvalue weighted by Crippen LogP contribution is -2.58. The van der Waals surface area contributed by atoms with Crippen molar-refractivity contribution in [2.75, 3.05) is 30.4 Å². The Balaban J connectivity index is 1.02. The number of aromatic nitrogens is 3. The lowest BCUT2D eigenvalue weighted by atomic mass is 9.70. The van der Waals surface area contributed by atoms with E-state index in [-0.39, 0.29) is 17.4 Å². The number of carbonyl (C=O) groups is 2. The Kier molecular flexibility index (Phi) is 7.19. The van der Waals surface area contributed by atoms with Crippen molar-refractivity contribution in [1.82, 2.24) is 24.8 Å². The monoisotopic (exact) mass is 683 g/mol. The van der Waals surface area contributed by atoms with Gasteiger partial charge in [-0.05, 0) is 118 Å². The molecule has 4 saturated carbocycles. The molecule has 4 heterocycles. The molecule has 2 N–H and O–H groups in total. The Morgan fingerprint density at radius 3 is 2.49 bits per heavy atom. The van der Waals surface area contributed by atoms with Gasteiger partial charge in [0, 0.05) is 54.2 Å². The van der Waals surface area contributed by atoms with Crippen molar-refractivity contribution >= 4 is 40.0 Å². The van der Waals surface area contributed by atoms with Gasteiger partial charge in [-0.2, -0.15) is 0 Å². The standard InChI is InChI=1S/C42H49N7O2/c1-26-7-9-28(20-32(26)39(50)43-2)45-38-37-35(44-25-48(37)29-10-11-29)23-34(46-38)27-8-12-33-36(19-27)49(40(51)42(33)14-4-3-5-15-42)31-21-30(22-31)47-18-6-13-41(24-47)16-17-41/h7-9,12,19-20,23,25,29-31H,3-6,10-11,13-18,21-22,24H2,1-2H3,(H,43,50)(H,45,46). The molecule has 2 spiro atoms. The summed E-state index contributed by atoms with van der Waals surface area (Å²) in [4.78, 5) is 42.5. The molecule has 5 fully saturated rings. The Morgan fingerprint density at radius 1 is 0.902 bits per heavy atom. The third kappa shape index (κ3) is 5.12. The SMILES string of the molecule is CNC(=O)c1cc(Nc2nc(-c3ccc4c(c3)N(C3CC(N5CCCC6(CC6)C5)C3)C(=O)C43CCCCC3)cc3ncn(C4CC4)c23)ccc1C. The molecule has 51 heavy (non-hydrogen) atoms. The van der Waals surface area contributed by atoms with E-state index in [0.717, 1.165) is 96.4 Å². The van der Waals surface area contributed by atoms with Gasteiger partial charge in [0.1, 0.15) is 5.52 Å². The fourth-order valence-electron chi connectivity index (χ4n) is 10.1. The van der Waals surface area contributed by atoms with Crippen molar-refractivity contribution in [3.8, 4) is 11.3 Å². The molecule has 0 unspecified atom stereocenters. The number of rotatable bonds is 7. The molecule has 2 aromatic carbocycles. The summed E-state index contributed by atoms with van der Waals surface area (Å²) in [6.07, 6.45) is 17.2. The van der Waals surface area contributed by atoms with Crippen LogP contribution in [-0.4, -0.2) is 63.5 Å². The Bertz CT molecular complexity index is 2060. The van der Waals surface area contributed by atoms with Crippen molar-refractivity contribution in [1.29, 1.82) is 0 Å². The molecule has 0 radical (unpaired) electrons. The number of piperidine rings is 1. The average Bonchev–Trinajstić information content (AvgIpc) is 4.06. The largest absolute Gasteiger partial charge is 0.355 e. The predicted molar refractivity (Wildman–Crippen MR) is 201 cm³/mol. The van der Waals surface area contributed by atoms with Crippen LogP contribution >= 0.6 is 0 Å². The van der Waals surface area contributed by atoms with E-state index >= 15 is 0 Å². The molecule has 9 heteroatoms. The van der Waals surface area contributed by atoms with Gasteiger partial charge in [-0.1, -0.05) is 37.5 Å². The number of amides is 2. The first-order valence-corrected chi connectivity index (χ1v) is 19.5. The van der Waals surface area contributed by atoms with Gasteiger partial charge < -0.3 is 20.1 Å². The smallest absolute Gasteiger partial charge is 0.251 e. The van der Waals surface area contributed by atoms with Crippen LogP contribution in [0.3, 0.4) is 0 Å². The highest BCUT2D eigenvalue weighted by Crippen LogP contribution is 2.56. The molecule has 2 aliphatic heterocycles. The van der Waals surface area contributed by atoms with Crippen LogP contribution in [0.5, 0.6) is 0 Å². The number of fused-ring (bicyclic) bond motifs is 3. The lowest BCUT2D eigenvalue weighted by Gasteiger charge is -2.49. The topological polar surface area (TPSA) is 95.4 Å². The number of likely N-dealkylation sites (tertiary alicyclic amines) is 1. The third-order valence-electron chi connectivity index (χ3n) is 13.5. The molecule has 264 valence electrons. The molecule has 6 aliphatic rings. The minimum atomic E-state index is -0.387. The van der Waals surface area contributed by atoms with Crippen molar-refractivity contribution in [3.05, 3.63) is 65.5 Å². The molecular weight excluding hydrogens is 635 g/mol. The maximum atomic E-state index is 14.7.